The molecule has 0 aliphatic rings. The Morgan fingerprint density at radius 3 is 2.33 bits per heavy atom. The fourth-order valence-corrected chi connectivity index (χ4v) is 5.33. The number of halogens is 2. The highest BCUT2D eigenvalue weighted by Gasteiger charge is 2.37. The lowest BCUT2D eigenvalue weighted by Crippen LogP contribution is -2.43. The Kier molecular flexibility index (Phi) is 8.56. The van der Waals surface area contributed by atoms with Crippen molar-refractivity contribution in [3.63, 3.8) is 0 Å². The molecular formula is C28H31Cl2N5O3Si. The van der Waals surface area contributed by atoms with Crippen LogP contribution in [0.4, 0.5) is 5.69 Å². The minimum Gasteiger partial charge on any atom is -0.415 e. The van der Waals surface area contributed by atoms with Crippen LogP contribution in [0.3, 0.4) is 0 Å². The zero-order valence-electron chi connectivity index (χ0n) is 22.6. The van der Waals surface area contributed by atoms with E-state index in [0.717, 1.165) is 5.56 Å². The number of hydrogen-bond acceptors (Lipinski definition) is 6. The summed E-state index contributed by atoms with van der Waals surface area (Å²) in [6.07, 6.45) is 2.73. The van der Waals surface area contributed by atoms with Gasteiger partial charge in [-0.1, -0.05) is 74.3 Å². The molecule has 0 aliphatic heterocycles. The molecule has 0 saturated carbocycles. The van der Waals surface area contributed by atoms with Crippen LogP contribution in [0.15, 0.2) is 66.0 Å². The minimum absolute atomic E-state index is 0.000179. The second kappa shape index (κ2) is 11.6. The fraction of sp³-hybridized carbons (Fsp3) is 0.321. The molecule has 4 aromatic rings. The number of carbonyl (C=O) groups excluding carboxylic acids is 1. The molecule has 2 aromatic heterocycles. The molecule has 0 fully saturated rings. The molecule has 11 heteroatoms. The molecule has 204 valence electrons. The van der Waals surface area contributed by atoms with Crippen LogP contribution in [0.2, 0.25) is 28.4 Å². The zero-order valence-corrected chi connectivity index (χ0v) is 25.1. The first-order valence-corrected chi connectivity index (χ1v) is 16.2. The second-order valence-electron chi connectivity index (χ2n) is 10.8. The number of aromatic nitrogens is 4. The maximum Gasteiger partial charge on any atom is 0.264 e. The molecule has 2 aromatic carbocycles. The summed E-state index contributed by atoms with van der Waals surface area (Å²) in [6.45, 7) is 11.6. The van der Waals surface area contributed by atoms with Gasteiger partial charge in [0.2, 0.25) is 0 Å². The summed E-state index contributed by atoms with van der Waals surface area (Å²) in [5, 5.41) is 0.279. The Balaban J connectivity index is 1.74. The standard InChI is InChI=1S/C28H31Cl2N5O3Si/c1-28(2,3)39(4,5)38-14-13-35(27(37)23-24(29)31-17-32-25(23)30)20-11-12-22-21(15-20)26(36)34(18-33-22)16-19-9-7-6-8-10-19/h6-12,15,17-18H,13-14,16H2,1-5H3. The third kappa shape index (κ3) is 6.38. The minimum atomic E-state index is -2.08. The molecule has 0 unspecified atom stereocenters. The summed E-state index contributed by atoms with van der Waals surface area (Å²) < 4.78 is 7.91. The smallest absolute Gasteiger partial charge is 0.264 e. The maximum absolute atomic E-state index is 13.8. The van der Waals surface area contributed by atoms with E-state index >= 15 is 0 Å². The predicted molar refractivity (Wildman–Crippen MR) is 158 cm³/mol. The number of carbonyl (C=O) groups is 1. The number of fused-ring (bicyclic) bond motifs is 1. The quantitative estimate of drug-likeness (QED) is 0.181. The topological polar surface area (TPSA) is 90.2 Å². The monoisotopic (exact) mass is 583 g/mol. The van der Waals surface area contributed by atoms with E-state index in [2.05, 4.69) is 48.8 Å². The van der Waals surface area contributed by atoms with Crippen LogP contribution < -0.4 is 10.5 Å². The van der Waals surface area contributed by atoms with E-state index in [4.69, 9.17) is 27.6 Å². The molecule has 0 spiro atoms. The van der Waals surface area contributed by atoms with E-state index in [9.17, 15) is 9.59 Å². The first-order valence-electron chi connectivity index (χ1n) is 12.5. The summed E-state index contributed by atoms with van der Waals surface area (Å²) in [4.78, 5) is 41.1. The van der Waals surface area contributed by atoms with E-state index < -0.39 is 14.2 Å². The molecule has 0 aliphatic carbocycles. The Bertz CT molecular complexity index is 1530. The highest BCUT2D eigenvalue weighted by molar-refractivity contribution is 6.74. The largest absolute Gasteiger partial charge is 0.415 e. The Hall–Kier alpha value is -3.11. The lowest BCUT2D eigenvalue weighted by molar-refractivity contribution is 0.0981. The van der Waals surface area contributed by atoms with Gasteiger partial charge in [-0.15, -0.1) is 0 Å². The van der Waals surface area contributed by atoms with Crippen molar-refractivity contribution in [2.75, 3.05) is 18.1 Å². The van der Waals surface area contributed by atoms with Gasteiger partial charge in [-0.2, -0.15) is 0 Å². The van der Waals surface area contributed by atoms with Crippen LogP contribution in [0.1, 0.15) is 36.7 Å². The first kappa shape index (κ1) is 28.9. The van der Waals surface area contributed by atoms with Gasteiger partial charge >= 0.3 is 0 Å². The van der Waals surface area contributed by atoms with Gasteiger partial charge in [0.05, 0.1) is 30.4 Å². The Labute approximate surface area is 238 Å². The molecule has 0 saturated heterocycles. The molecular weight excluding hydrogens is 553 g/mol. The van der Waals surface area contributed by atoms with Crippen molar-refractivity contribution >= 4 is 54.0 Å². The number of benzene rings is 2. The van der Waals surface area contributed by atoms with Crippen LogP contribution in [0.25, 0.3) is 10.9 Å². The normalized spacial score (nSPS) is 12.1. The average molecular weight is 585 g/mol. The van der Waals surface area contributed by atoms with Gasteiger partial charge in [0.25, 0.3) is 11.5 Å². The van der Waals surface area contributed by atoms with Crippen molar-refractivity contribution < 1.29 is 9.22 Å². The Morgan fingerprint density at radius 1 is 1.03 bits per heavy atom. The average Bonchev–Trinajstić information content (AvgIpc) is 2.88. The molecule has 2 heterocycles. The van der Waals surface area contributed by atoms with Crippen molar-refractivity contribution in [3.8, 4) is 0 Å². The number of amides is 1. The molecule has 8 nitrogen and oxygen atoms in total. The Morgan fingerprint density at radius 2 is 1.69 bits per heavy atom. The summed E-state index contributed by atoms with van der Waals surface area (Å²) in [6, 6.07) is 14.8. The van der Waals surface area contributed by atoms with Gasteiger partial charge < -0.3 is 9.33 Å². The van der Waals surface area contributed by atoms with Crippen molar-refractivity contribution in [1.29, 1.82) is 0 Å². The van der Waals surface area contributed by atoms with Gasteiger partial charge in [0.15, 0.2) is 8.32 Å². The van der Waals surface area contributed by atoms with Crippen LogP contribution >= 0.6 is 23.2 Å². The van der Waals surface area contributed by atoms with Crippen molar-refractivity contribution in [1.82, 2.24) is 19.5 Å². The molecule has 4 rings (SSSR count). The molecule has 0 radical (unpaired) electrons. The first-order chi connectivity index (χ1) is 18.4. The fourth-order valence-electron chi connectivity index (χ4n) is 3.82. The highest BCUT2D eigenvalue weighted by Crippen LogP contribution is 2.36. The number of nitrogens with zero attached hydrogens (tertiary/aromatic N) is 5. The highest BCUT2D eigenvalue weighted by atomic mass is 35.5. The van der Waals surface area contributed by atoms with Gasteiger partial charge in [0.1, 0.15) is 22.2 Å². The third-order valence-electron chi connectivity index (χ3n) is 7.11. The molecule has 0 bridgehead atoms. The number of hydrogen-bond donors (Lipinski definition) is 0. The van der Waals surface area contributed by atoms with E-state index in [1.54, 1.807) is 22.8 Å². The van der Waals surface area contributed by atoms with Crippen molar-refractivity contribution in [3.05, 3.63) is 93.0 Å². The summed E-state index contributed by atoms with van der Waals surface area (Å²) in [5.74, 6) is -0.489. The number of rotatable bonds is 8. The van der Waals surface area contributed by atoms with E-state index in [-0.39, 0.29) is 39.6 Å². The molecule has 0 N–H and O–H groups in total. The summed E-state index contributed by atoms with van der Waals surface area (Å²) >= 11 is 12.5. The van der Waals surface area contributed by atoms with Gasteiger partial charge in [0, 0.05) is 12.2 Å². The number of anilines is 1. The summed E-state index contributed by atoms with van der Waals surface area (Å²) in [7, 11) is -2.08. The van der Waals surface area contributed by atoms with E-state index in [1.165, 1.54) is 17.6 Å². The summed E-state index contributed by atoms with van der Waals surface area (Å²) in [5.41, 5.74) is 1.76. The second-order valence-corrected chi connectivity index (χ2v) is 16.3. The zero-order chi connectivity index (χ0) is 28.4. The molecule has 0 atom stereocenters. The van der Waals surface area contributed by atoms with Crippen LogP contribution in [0.5, 0.6) is 0 Å². The van der Waals surface area contributed by atoms with E-state index in [1.807, 2.05) is 30.3 Å². The molecule has 39 heavy (non-hydrogen) atoms. The lowest BCUT2D eigenvalue weighted by Gasteiger charge is -2.37. The van der Waals surface area contributed by atoms with Gasteiger partial charge in [-0.3, -0.25) is 14.2 Å². The van der Waals surface area contributed by atoms with E-state index in [0.29, 0.717) is 23.1 Å². The van der Waals surface area contributed by atoms with Crippen molar-refractivity contribution in [2.24, 2.45) is 0 Å². The molecule has 1 amide bonds. The van der Waals surface area contributed by atoms with Crippen LogP contribution in [-0.4, -0.2) is 46.9 Å². The third-order valence-corrected chi connectivity index (χ3v) is 12.2. The van der Waals surface area contributed by atoms with Crippen LogP contribution in [-0.2, 0) is 11.0 Å². The van der Waals surface area contributed by atoms with Crippen LogP contribution in [0, 0.1) is 0 Å². The lowest BCUT2D eigenvalue weighted by atomic mass is 10.1. The van der Waals surface area contributed by atoms with Gasteiger partial charge in [-0.05, 0) is 41.9 Å². The predicted octanol–water partition coefficient (Wildman–Crippen LogP) is 6.21. The van der Waals surface area contributed by atoms with Crippen molar-refractivity contribution in [2.45, 2.75) is 45.4 Å². The maximum atomic E-state index is 13.8. The van der Waals surface area contributed by atoms with Gasteiger partial charge in [-0.25, -0.2) is 15.0 Å². The SMILES string of the molecule is CC(C)(C)[Si](C)(C)OCCN(C(=O)c1c(Cl)ncnc1Cl)c1ccc2ncn(Cc3ccccc3)c(=O)c2c1.